The number of nitrogens with one attached hydrogen (secondary N) is 1. The van der Waals surface area contributed by atoms with Crippen LogP contribution in [-0.4, -0.2) is 12.1 Å². The van der Waals surface area contributed by atoms with Gasteiger partial charge in [0.25, 0.3) is 5.91 Å². The fourth-order valence-electron chi connectivity index (χ4n) is 2.41. The molecule has 0 aliphatic rings. The Hall–Kier alpha value is -2.83. The van der Waals surface area contributed by atoms with Crippen LogP contribution in [0, 0.1) is 0 Å². The number of nitrogens with zero attached hydrogens (tertiary/aromatic N) is 1. The zero-order chi connectivity index (χ0) is 19.9. The molecule has 3 N–H and O–H groups in total. The highest BCUT2D eigenvalue weighted by Crippen LogP contribution is 2.27. The molecule has 0 bridgehead atoms. The molecule has 142 valence electrons. The van der Waals surface area contributed by atoms with E-state index in [0.717, 1.165) is 15.6 Å². The number of hydrogen-bond acceptors (Lipinski definition) is 4. The molecule has 0 aliphatic carbocycles. The Morgan fingerprint density at radius 3 is 2.64 bits per heavy atom. The van der Waals surface area contributed by atoms with Crippen molar-refractivity contribution in [2.45, 2.75) is 6.61 Å². The Bertz CT molecular complexity index is 1020. The minimum Gasteiger partial charge on any atom is -0.488 e. The molecular weight excluding hydrogens is 442 g/mol. The molecule has 3 aromatic carbocycles. The van der Waals surface area contributed by atoms with Crippen molar-refractivity contribution >= 4 is 45.3 Å². The largest absolute Gasteiger partial charge is 0.488 e. The summed E-state index contributed by atoms with van der Waals surface area (Å²) in [5.74, 6) is 0.311. The highest BCUT2D eigenvalue weighted by Gasteiger charge is 2.07. The van der Waals surface area contributed by atoms with Crippen molar-refractivity contribution in [3.8, 4) is 5.75 Å². The Morgan fingerprint density at radius 1 is 1.14 bits per heavy atom. The van der Waals surface area contributed by atoms with Gasteiger partial charge in [0, 0.05) is 16.3 Å². The number of ether oxygens (including phenoxy) is 1. The Morgan fingerprint density at radius 2 is 1.89 bits per heavy atom. The molecule has 1 amide bonds. The summed E-state index contributed by atoms with van der Waals surface area (Å²) in [6.07, 6.45) is 1.54. The lowest BCUT2D eigenvalue weighted by Gasteiger charge is -2.10. The lowest BCUT2D eigenvalue weighted by Crippen LogP contribution is -2.18. The number of anilines is 1. The Kier molecular flexibility index (Phi) is 6.68. The van der Waals surface area contributed by atoms with Gasteiger partial charge in [-0.3, -0.25) is 4.79 Å². The van der Waals surface area contributed by atoms with Crippen molar-refractivity contribution in [2.24, 2.45) is 5.10 Å². The van der Waals surface area contributed by atoms with Crippen LogP contribution in [0.3, 0.4) is 0 Å². The minimum atomic E-state index is -0.367. The number of para-hydroxylation sites is 1. The van der Waals surface area contributed by atoms with Gasteiger partial charge in [-0.05, 0) is 57.9 Å². The molecule has 0 fully saturated rings. The lowest BCUT2D eigenvalue weighted by atomic mass is 10.2. The van der Waals surface area contributed by atoms with E-state index >= 15 is 0 Å². The predicted octanol–water partition coefficient (Wildman–Crippen LogP) is 5.03. The van der Waals surface area contributed by atoms with E-state index in [1.807, 2.05) is 42.5 Å². The second-order valence-corrected chi connectivity index (χ2v) is 7.12. The van der Waals surface area contributed by atoms with E-state index < -0.39 is 0 Å². The molecule has 0 saturated heterocycles. The first-order valence-corrected chi connectivity index (χ1v) is 9.55. The maximum atomic E-state index is 12.1. The van der Waals surface area contributed by atoms with Crippen LogP contribution in [0.15, 0.2) is 76.3 Å². The summed E-state index contributed by atoms with van der Waals surface area (Å²) < 4.78 is 6.58. The van der Waals surface area contributed by atoms with Gasteiger partial charge in [-0.1, -0.05) is 41.9 Å². The average Bonchev–Trinajstić information content (AvgIpc) is 2.69. The van der Waals surface area contributed by atoms with E-state index in [0.29, 0.717) is 28.6 Å². The topological polar surface area (TPSA) is 76.7 Å². The molecule has 3 aromatic rings. The van der Waals surface area contributed by atoms with E-state index in [2.05, 4.69) is 26.5 Å². The van der Waals surface area contributed by atoms with Gasteiger partial charge in [0.05, 0.1) is 16.3 Å². The first-order chi connectivity index (χ1) is 13.5. The zero-order valence-electron chi connectivity index (χ0n) is 14.7. The van der Waals surface area contributed by atoms with E-state index in [9.17, 15) is 4.79 Å². The molecule has 0 radical (unpaired) electrons. The number of halogens is 2. The van der Waals surface area contributed by atoms with Gasteiger partial charge < -0.3 is 10.5 Å². The maximum absolute atomic E-state index is 12.1. The molecule has 0 saturated carbocycles. The van der Waals surface area contributed by atoms with Crippen LogP contribution in [0.4, 0.5) is 5.69 Å². The van der Waals surface area contributed by atoms with Crippen LogP contribution in [0.25, 0.3) is 0 Å². The molecule has 0 atom stereocenters. The first-order valence-electron chi connectivity index (χ1n) is 8.38. The molecule has 5 nitrogen and oxygen atoms in total. The monoisotopic (exact) mass is 457 g/mol. The van der Waals surface area contributed by atoms with Crippen molar-refractivity contribution in [2.75, 3.05) is 5.73 Å². The zero-order valence-corrected chi connectivity index (χ0v) is 17.1. The predicted molar refractivity (Wildman–Crippen MR) is 116 cm³/mol. The number of nitrogens with two attached hydrogens (primary N) is 1. The number of carbonyl (C=O) groups is 1. The summed E-state index contributed by atoms with van der Waals surface area (Å²) in [5.41, 5.74) is 10.7. The molecule has 0 unspecified atom stereocenters. The summed E-state index contributed by atoms with van der Waals surface area (Å²) in [6.45, 7) is 0.361. The van der Waals surface area contributed by atoms with Crippen LogP contribution >= 0.6 is 27.5 Å². The second kappa shape index (κ2) is 9.39. The van der Waals surface area contributed by atoms with Gasteiger partial charge in [0.1, 0.15) is 12.4 Å². The molecule has 3 rings (SSSR count). The number of benzene rings is 3. The Balaban J connectivity index is 1.61. The van der Waals surface area contributed by atoms with Crippen molar-refractivity contribution < 1.29 is 9.53 Å². The molecule has 0 heterocycles. The second-order valence-electron chi connectivity index (χ2n) is 5.86. The van der Waals surface area contributed by atoms with E-state index in [4.69, 9.17) is 22.1 Å². The smallest absolute Gasteiger partial charge is 0.273 e. The highest BCUT2D eigenvalue weighted by atomic mass is 79.9. The first kappa shape index (κ1) is 19.9. The van der Waals surface area contributed by atoms with Gasteiger partial charge in [0.15, 0.2) is 0 Å². The van der Waals surface area contributed by atoms with Crippen LogP contribution < -0.4 is 15.9 Å². The summed E-state index contributed by atoms with van der Waals surface area (Å²) in [5, 5.41) is 4.64. The van der Waals surface area contributed by atoms with Crippen LogP contribution in [0.2, 0.25) is 5.02 Å². The third kappa shape index (κ3) is 5.12. The quantitative estimate of drug-likeness (QED) is 0.309. The van der Waals surface area contributed by atoms with Crippen molar-refractivity contribution in [1.29, 1.82) is 0 Å². The standard InChI is InChI=1S/C21H17BrClN3O2/c22-17-11-14(12-25-26-21(27)16-6-2-4-8-19(16)24)9-10-20(17)28-13-15-5-1-3-7-18(15)23/h1-12H,13,24H2,(H,26,27)/b25-12-. The molecular formula is C21H17BrClN3O2. The van der Waals surface area contributed by atoms with Crippen LogP contribution in [-0.2, 0) is 6.61 Å². The normalized spacial score (nSPS) is 10.8. The summed E-state index contributed by atoms with van der Waals surface area (Å²) in [7, 11) is 0. The number of nitrogen functional groups attached to an aromatic ring is 1. The molecule has 0 aromatic heterocycles. The molecule has 7 heteroatoms. The fraction of sp³-hybridized carbons (Fsp3) is 0.0476. The molecule has 0 aliphatic heterocycles. The third-order valence-corrected chi connectivity index (χ3v) is 4.87. The summed E-state index contributed by atoms with van der Waals surface area (Å²) in [6, 6.07) is 19.8. The number of hydrazone groups is 1. The number of amides is 1. The van der Waals surface area contributed by atoms with E-state index in [1.165, 1.54) is 0 Å². The SMILES string of the molecule is Nc1ccccc1C(=O)N/N=C\c1ccc(OCc2ccccc2Cl)c(Br)c1. The van der Waals surface area contributed by atoms with Crippen molar-refractivity contribution in [1.82, 2.24) is 5.43 Å². The molecule has 28 heavy (non-hydrogen) atoms. The van der Waals surface area contributed by atoms with Crippen LogP contribution in [0.5, 0.6) is 5.75 Å². The van der Waals surface area contributed by atoms with Gasteiger partial charge in [-0.2, -0.15) is 5.10 Å². The van der Waals surface area contributed by atoms with Crippen LogP contribution in [0.1, 0.15) is 21.5 Å². The van der Waals surface area contributed by atoms with Gasteiger partial charge in [-0.15, -0.1) is 0 Å². The molecule has 0 spiro atoms. The van der Waals surface area contributed by atoms with Gasteiger partial charge >= 0.3 is 0 Å². The number of hydrogen-bond donors (Lipinski definition) is 2. The lowest BCUT2D eigenvalue weighted by molar-refractivity contribution is 0.0956. The summed E-state index contributed by atoms with van der Waals surface area (Å²) >= 11 is 9.62. The fourth-order valence-corrected chi connectivity index (χ4v) is 3.12. The van der Waals surface area contributed by atoms with E-state index in [1.54, 1.807) is 30.5 Å². The van der Waals surface area contributed by atoms with Crippen molar-refractivity contribution in [3.05, 3.63) is 92.9 Å². The van der Waals surface area contributed by atoms with E-state index in [-0.39, 0.29) is 5.91 Å². The highest BCUT2D eigenvalue weighted by molar-refractivity contribution is 9.10. The minimum absolute atomic E-state index is 0.361. The van der Waals surface area contributed by atoms with Gasteiger partial charge in [0.2, 0.25) is 0 Å². The maximum Gasteiger partial charge on any atom is 0.273 e. The average molecular weight is 459 g/mol. The third-order valence-electron chi connectivity index (χ3n) is 3.88. The number of rotatable bonds is 6. The number of carbonyl (C=O) groups excluding carboxylic acids is 1. The van der Waals surface area contributed by atoms with Gasteiger partial charge in [-0.25, -0.2) is 5.43 Å². The van der Waals surface area contributed by atoms with Crippen molar-refractivity contribution in [3.63, 3.8) is 0 Å². The Labute approximate surface area is 176 Å². The summed E-state index contributed by atoms with van der Waals surface area (Å²) in [4.78, 5) is 12.1.